The van der Waals surface area contributed by atoms with Crippen molar-refractivity contribution in [2.24, 2.45) is 0 Å². The second-order valence-electron chi connectivity index (χ2n) is 10.2. The van der Waals surface area contributed by atoms with E-state index in [1.165, 1.54) is 33.9 Å². The van der Waals surface area contributed by atoms with E-state index in [9.17, 15) is 0 Å². The molecule has 206 valence electrons. The SMILES string of the molecule is CC[n+]1ccccc1/C=C/c1ccc(N(C)CCCCN(C)c2ccc(/C=C/c3cccc[n+]3CC)cc2)cc1. The number of unbranched alkanes of at least 4 members (excludes halogenated alkanes) is 1. The molecule has 0 bridgehead atoms. The zero-order chi connectivity index (χ0) is 28.2. The highest BCUT2D eigenvalue weighted by molar-refractivity contribution is 5.69. The molecule has 4 nitrogen and oxygen atoms in total. The smallest absolute Gasteiger partial charge is 0.205 e. The maximum Gasteiger partial charge on any atom is 0.205 e. The molecule has 0 radical (unpaired) electrons. The van der Waals surface area contributed by atoms with Crippen LogP contribution in [0.25, 0.3) is 24.3 Å². The van der Waals surface area contributed by atoms with Gasteiger partial charge in [-0.25, -0.2) is 0 Å². The van der Waals surface area contributed by atoms with E-state index in [2.05, 4.69) is 169 Å². The molecule has 0 atom stereocenters. The van der Waals surface area contributed by atoms with Crippen LogP contribution in [-0.2, 0) is 13.1 Å². The first-order valence-corrected chi connectivity index (χ1v) is 14.5. The molecule has 0 spiro atoms. The third-order valence-corrected chi connectivity index (χ3v) is 7.43. The third kappa shape index (κ3) is 8.16. The fourth-order valence-corrected chi connectivity index (χ4v) is 4.86. The molecule has 2 aromatic carbocycles. The predicted octanol–water partition coefficient (Wildman–Crippen LogP) is 7.00. The monoisotopic (exact) mass is 532 g/mol. The molecule has 2 aromatic heterocycles. The van der Waals surface area contributed by atoms with Crippen molar-refractivity contribution in [1.29, 1.82) is 0 Å². The number of benzene rings is 2. The van der Waals surface area contributed by atoms with E-state index in [1.807, 2.05) is 0 Å². The van der Waals surface area contributed by atoms with E-state index < -0.39 is 0 Å². The number of hydrogen-bond acceptors (Lipinski definition) is 2. The molecule has 4 aromatic rings. The van der Waals surface area contributed by atoms with Crippen molar-refractivity contribution in [3.05, 3.63) is 120 Å². The minimum absolute atomic E-state index is 0.971. The molecular formula is C36H44N4+2. The van der Waals surface area contributed by atoms with Crippen LogP contribution >= 0.6 is 0 Å². The second kappa shape index (κ2) is 14.8. The third-order valence-electron chi connectivity index (χ3n) is 7.43. The summed E-state index contributed by atoms with van der Waals surface area (Å²) >= 11 is 0. The van der Waals surface area contributed by atoms with Crippen molar-refractivity contribution in [2.45, 2.75) is 39.8 Å². The number of pyridine rings is 2. The molecule has 0 aliphatic carbocycles. The summed E-state index contributed by atoms with van der Waals surface area (Å²) in [4.78, 5) is 4.71. The average molecular weight is 533 g/mol. The molecule has 4 rings (SSSR count). The maximum atomic E-state index is 2.35. The van der Waals surface area contributed by atoms with Crippen LogP contribution in [0, 0.1) is 0 Å². The Labute approximate surface area is 241 Å². The fraction of sp³-hybridized carbons (Fsp3) is 0.278. The van der Waals surface area contributed by atoms with Gasteiger partial charge in [-0.3, -0.25) is 0 Å². The summed E-state index contributed by atoms with van der Waals surface area (Å²) in [5, 5.41) is 0. The van der Waals surface area contributed by atoms with Gasteiger partial charge in [-0.15, -0.1) is 0 Å². The van der Waals surface area contributed by atoms with Crippen LogP contribution in [0.15, 0.2) is 97.3 Å². The van der Waals surface area contributed by atoms with E-state index in [-0.39, 0.29) is 0 Å². The molecule has 0 fully saturated rings. The Kier molecular flexibility index (Phi) is 10.7. The molecule has 4 heteroatoms. The zero-order valence-corrected chi connectivity index (χ0v) is 24.6. The van der Waals surface area contributed by atoms with Crippen LogP contribution in [0.3, 0.4) is 0 Å². The van der Waals surface area contributed by atoms with Crippen LogP contribution < -0.4 is 18.9 Å². The lowest BCUT2D eigenvalue weighted by Crippen LogP contribution is -2.34. The summed E-state index contributed by atoms with van der Waals surface area (Å²) < 4.78 is 4.49. The first-order chi connectivity index (χ1) is 19.6. The normalized spacial score (nSPS) is 11.4. The van der Waals surface area contributed by atoms with Gasteiger partial charge in [0, 0.05) is 75.0 Å². The molecule has 0 amide bonds. The average Bonchev–Trinajstić information content (AvgIpc) is 3.01. The molecule has 0 unspecified atom stereocenters. The summed E-state index contributed by atoms with van der Waals surface area (Å²) in [7, 11) is 4.37. The van der Waals surface area contributed by atoms with Gasteiger partial charge in [-0.2, -0.15) is 9.13 Å². The first-order valence-electron chi connectivity index (χ1n) is 14.5. The van der Waals surface area contributed by atoms with Crippen LogP contribution in [-0.4, -0.2) is 27.2 Å². The van der Waals surface area contributed by atoms with Gasteiger partial charge in [0.2, 0.25) is 11.4 Å². The lowest BCUT2D eigenvalue weighted by atomic mass is 10.1. The summed E-state index contributed by atoms with van der Waals surface area (Å²) in [5.74, 6) is 0. The summed E-state index contributed by atoms with van der Waals surface area (Å²) in [6.07, 6.45) is 15.3. The molecule has 0 aliphatic heterocycles. The van der Waals surface area contributed by atoms with Gasteiger partial charge >= 0.3 is 0 Å². The van der Waals surface area contributed by atoms with Gasteiger partial charge < -0.3 is 9.80 Å². The topological polar surface area (TPSA) is 14.2 Å². The van der Waals surface area contributed by atoms with E-state index in [0.29, 0.717) is 0 Å². The highest BCUT2D eigenvalue weighted by Gasteiger charge is 2.06. The summed E-state index contributed by atoms with van der Waals surface area (Å²) in [5.41, 5.74) is 7.40. The number of nitrogens with zero attached hydrogens (tertiary/aromatic N) is 4. The van der Waals surface area contributed by atoms with E-state index in [4.69, 9.17) is 0 Å². The summed E-state index contributed by atoms with van der Waals surface area (Å²) in [6, 6.07) is 30.3. The van der Waals surface area contributed by atoms with E-state index in [0.717, 1.165) is 39.0 Å². The molecule has 0 N–H and O–H groups in total. The minimum Gasteiger partial charge on any atom is -0.375 e. The van der Waals surface area contributed by atoms with Gasteiger partial charge in [0.1, 0.15) is 13.1 Å². The Morgan fingerprint density at radius 2 is 0.925 bits per heavy atom. The van der Waals surface area contributed by atoms with Gasteiger partial charge in [-0.1, -0.05) is 24.3 Å². The van der Waals surface area contributed by atoms with E-state index >= 15 is 0 Å². The van der Waals surface area contributed by atoms with Crippen molar-refractivity contribution in [3.8, 4) is 0 Å². The highest BCUT2D eigenvalue weighted by atomic mass is 15.1. The Hall–Kier alpha value is -4.18. The number of hydrogen-bond donors (Lipinski definition) is 0. The largest absolute Gasteiger partial charge is 0.375 e. The predicted molar refractivity (Wildman–Crippen MR) is 171 cm³/mol. The second-order valence-corrected chi connectivity index (χ2v) is 10.2. The van der Waals surface area contributed by atoms with Gasteiger partial charge in [0.25, 0.3) is 0 Å². The Balaban J connectivity index is 1.21. The number of aromatic nitrogens is 2. The van der Waals surface area contributed by atoms with Crippen molar-refractivity contribution < 1.29 is 9.13 Å². The molecule has 40 heavy (non-hydrogen) atoms. The number of rotatable bonds is 13. The van der Waals surface area contributed by atoms with Crippen molar-refractivity contribution in [2.75, 3.05) is 37.0 Å². The molecule has 0 aliphatic rings. The van der Waals surface area contributed by atoms with E-state index in [1.54, 1.807) is 0 Å². The Bertz CT molecular complexity index is 1280. The molecule has 2 heterocycles. The lowest BCUT2D eigenvalue weighted by molar-refractivity contribution is -0.695. The lowest BCUT2D eigenvalue weighted by Gasteiger charge is -2.22. The standard InChI is InChI=1S/C36H44N4/c1-5-39-29-9-7-13-35(39)25-19-31-15-21-33(22-16-31)37(3)27-11-12-28-38(4)34-23-17-32(18-24-34)20-26-36-14-8-10-30-40(36)6-2/h7-10,13-26,29-30H,5-6,11-12,27-28H2,1-4H3/q+2. The number of anilines is 2. The van der Waals surface area contributed by atoms with Gasteiger partial charge in [0.05, 0.1) is 0 Å². The fourth-order valence-electron chi connectivity index (χ4n) is 4.86. The van der Waals surface area contributed by atoms with Crippen LogP contribution in [0.5, 0.6) is 0 Å². The Morgan fingerprint density at radius 1 is 0.525 bits per heavy atom. The minimum atomic E-state index is 0.971. The van der Waals surface area contributed by atoms with Gasteiger partial charge in [0.15, 0.2) is 12.4 Å². The van der Waals surface area contributed by atoms with Crippen LogP contribution in [0.2, 0.25) is 0 Å². The molecule has 0 saturated carbocycles. The number of aryl methyl sites for hydroxylation is 2. The highest BCUT2D eigenvalue weighted by Crippen LogP contribution is 2.18. The quantitative estimate of drug-likeness (QED) is 0.136. The molecular weight excluding hydrogens is 488 g/mol. The molecule has 0 saturated heterocycles. The van der Waals surface area contributed by atoms with Gasteiger partial charge in [-0.05, 0) is 86.4 Å². The first kappa shape index (κ1) is 28.8. The van der Waals surface area contributed by atoms with Crippen LogP contribution in [0.4, 0.5) is 11.4 Å². The van der Waals surface area contributed by atoms with Crippen molar-refractivity contribution in [3.63, 3.8) is 0 Å². The van der Waals surface area contributed by atoms with Crippen molar-refractivity contribution in [1.82, 2.24) is 0 Å². The summed E-state index contributed by atoms with van der Waals surface area (Å²) in [6.45, 7) is 8.37. The zero-order valence-electron chi connectivity index (χ0n) is 24.6. The maximum absolute atomic E-state index is 2.35. The van der Waals surface area contributed by atoms with Crippen LogP contribution in [0.1, 0.15) is 49.2 Å². The van der Waals surface area contributed by atoms with Crippen molar-refractivity contribution >= 4 is 35.7 Å². The Morgan fingerprint density at radius 3 is 1.30 bits per heavy atom.